The van der Waals surface area contributed by atoms with Crippen LogP contribution in [-0.4, -0.2) is 29.0 Å². The molecule has 1 aromatic carbocycles. The fraction of sp³-hybridized carbons (Fsp3) is 0.333. The van der Waals surface area contributed by atoms with E-state index in [2.05, 4.69) is 10.3 Å². The van der Waals surface area contributed by atoms with Crippen molar-refractivity contribution in [2.45, 2.75) is 39.5 Å². The number of rotatable bonds is 6. The Kier molecular flexibility index (Phi) is 7.01. The van der Waals surface area contributed by atoms with E-state index in [0.29, 0.717) is 28.8 Å². The maximum atomic E-state index is 14.3. The standard InChI is InChI=1S/C24H24ClFN2O3/c1-4-5-6-27-20(30)10-16-9-19(29)22(24(16)31)21-13(2)7-15(8-14(21)3)23-18(26)11-17(25)12-28-23/h4-5,7-8,11-12,16,22H,6,9-10H2,1-3H3,(H,27,30)/b5-4+. The number of halogens is 2. The average molecular weight is 443 g/mol. The van der Waals surface area contributed by atoms with Gasteiger partial charge < -0.3 is 5.32 Å². The van der Waals surface area contributed by atoms with E-state index in [-0.39, 0.29) is 41.0 Å². The van der Waals surface area contributed by atoms with E-state index < -0.39 is 17.7 Å². The first-order valence-electron chi connectivity index (χ1n) is 10.1. The van der Waals surface area contributed by atoms with Gasteiger partial charge in [0.25, 0.3) is 0 Å². The maximum Gasteiger partial charge on any atom is 0.220 e. The van der Waals surface area contributed by atoms with Crippen LogP contribution >= 0.6 is 11.6 Å². The predicted molar refractivity (Wildman–Crippen MR) is 117 cm³/mol. The minimum Gasteiger partial charge on any atom is -0.353 e. The second-order valence-corrected chi connectivity index (χ2v) is 8.22. The molecule has 1 fully saturated rings. The molecule has 2 unspecified atom stereocenters. The van der Waals surface area contributed by atoms with E-state index in [1.54, 1.807) is 32.1 Å². The summed E-state index contributed by atoms with van der Waals surface area (Å²) in [6, 6.07) is 4.64. The van der Waals surface area contributed by atoms with Gasteiger partial charge >= 0.3 is 0 Å². The highest BCUT2D eigenvalue weighted by Gasteiger charge is 2.43. The SMILES string of the molecule is C/C=C/CNC(=O)CC1CC(=O)C(c2c(C)cc(-c3ncc(Cl)cc3F)cc2C)C1=O. The van der Waals surface area contributed by atoms with Gasteiger partial charge in [-0.3, -0.25) is 19.4 Å². The number of nitrogens with one attached hydrogen (secondary N) is 1. The van der Waals surface area contributed by atoms with E-state index >= 15 is 0 Å². The Morgan fingerprint density at radius 1 is 1.26 bits per heavy atom. The fourth-order valence-electron chi connectivity index (χ4n) is 4.11. The lowest BCUT2D eigenvalue weighted by Gasteiger charge is -2.17. The summed E-state index contributed by atoms with van der Waals surface area (Å²) in [5, 5.41) is 2.92. The van der Waals surface area contributed by atoms with E-state index in [4.69, 9.17) is 11.6 Å². The minimum absolute atomic E-state index is 0.00525. The van der Waals surface area contributed by atoms with Gasteiger partial charge in [0.2, 0.25) is 5.91 Å². The van der Waals surface area contributed by atoms with Gasteiger partial charge in [-0.25, -0.2) is 4.39 Å². The van der Waals surface area contributed by atoms with Crippen LogP contribution in [0.2, 0.25) is 5.02 Å². The number of aryl methyl sites for hydroxylation is 2. The van der Waals surface area contributed by atoms with Gasteiger partial charge in [-0.05, 0) is 55.7 Å². The largest absolute Gasteiger partial charge is 0.353 e. The molecular weight excluding hydrogens is 419 g/mol. The zero-order valence-corrected chi connectivity index (χ0v) is 18.4. The molecule has 3 rings (SSSR count). The molecule has 0 radical (unpaired) electrons. The number of hydrogen-bond acceptors (Lipinski definition) is 4. The fourth-order valence-corrected chi connectivity index (χ4v) is 4.26. The first-order valence-corrected chi connectivity index (χ1v) is 10.5. The Morgan fingerprint density at radius 2 is 1.94 bits per heavy atom. The Balaban J connectivity index is 1.86. The lowest BCUT2D eigenvalue weighted by molar-refractivity contribution is -0.128. The molecule has 1 aromatic heterocycles. The first kappa shape index (κ1) is 22.8. The summed E-state index contributed by atoms with van der Waals surface area (Å²) < 4.78 is 14.3. The first-order chi connectivity index (χ1) is 14.7. The van der Waals surface area contributed by atoms with Crippen molar-refractivity contribution in [2.24, 2.45) is 5.92 Å². The number of carbonyl (C=O) groups excluding carboxylic acids is 3. The number of hydrogen-bond donors (Lipinski definition) is 1. The number of allylic oxidation sites excluding steroid dienone is 1. The number of aromatic nitrogens is 1. The van der Waals surface area contributed by atoms with Crippen LogP contribution in [0.4, 0.5) is 4.39 Å². The van der Waals surface area contributed by atoms with Gasteiger partial charge in [0.05, 0.1) is 5.02 Å². The normalized spacial score (nSPS) is 18.7. The minimum atomic E-state index is -0.898. The Labute approximate surface area is 185 Å². The second kappa shape index (κ2) is 9.52. The van der Waals surface area contributed by atoms with Crippen molar-refractivity contribution in [3.63, 3.8) is 0 Å². The topological polar surface area (TPSA) is 76.1 Å². The van der Waals surface area contributed by atoms with Crippen molar-refractivity contribution in [2.75, 3.05) is 6.54 Å². The molecule has 2 atom stereocenters. The van der Waals surface area contributed by atoms with Crippen molar-refractivity contribution in [3.05, 3.63) is 64.1 Å². The van der Waals surface area contributed by atoms with E-state index in [9.17, 15) is 18.8 Å². The third kappa shape index (κ3) is 4.90. The summed E-state index contributed by atoms with van der Waals surface area (Å²) in [7, 11) is 0. The van der Waals surface area contributed by atoms with Crippen molar-refractivity contribution >= 4 is 29.1 Å². The maximum absolute atomic E-state index is 14.3. The molecule has 2 aromatic rings. The Bertz CT molecular complexity index is 1060. The number of pyridine rings is 1. The van der Waals surface area contributed by atoms with Crippen LogP contribution in [0.3, 0.4) is 0 Å². The molecule has 0 aliphatic heterocycles. The Morgan fingerprint density at radius 3 is 2.55 bits per heavy atom. The number of nitrogens with zero attached hydrogens (tertiary/aromatic N) is 1. The van der Waals surface area contributed by atoms with Crippen LogP contribution < -0.4 is 5.32 Å². The summed E-state index contributed by atoms with van der Waals surface area (Å²) in [6.45, 7) is 5.82. The van der Waals surface area contributed by atoms with Crippen LogP contribution in [-0.2, 0) is 14.4 Å². The summed E-state index contributed by atoms with van der Waals surface area (Å²) in [5.74, 6) is -2.75. The average Bonchev–Trinajstić information content (AvgIpc) is 2.95. The van der Waals surface area contributed by atoms with Gasteiger partial charge in [-0.1, -0.05) is 23.8 Å². The van der Waals surface area contributed by atoms with E-state index in [1.807, 2.05) is 13.0 Å². The predicted octanol–water partition coefficient (Wildman–Crippen LogP) is 4.48. The van der Waals surface area contributed by atoms with E-state index in [0.717, 1.165) is 0 Å². The molecule has 5 nitrogen and oxygen atoms in total. The molecule has 162 valence electrons. The monoisotopic (exact) mass is 442 g/mol. The third-order valence-corrected chi connectivity index (χ3v) is 5.71. The lowest BCUT2D eigenvalue weighted by atomic mass is 9.85. The summed E-state index contributed by atoms with van der Waals surface area (Å²) in [5.41, 5.74) is 2.74. The number of carbonyl (C=O) groups is 3. The van der Waals surface area contributed by atoms with Gasteiger partial charge in [-0.2, -0.15) is 0 Å². The molecule has 1 saturated carbocycles. The van der Waals surface area contributed by atoms with Gasteiger partial charge in [0, 0.05) is 37.1 Å². The highest BCUT2D eigenvalue weighted by Crippen LogP contribution is 2.38. The molecule has 0 bridgehead atoms. The molecular formula is C24H24ClFN2O3. The second-order valence-electron chi connectivity index (χ2n) is 7.79. The van der Waals surface area contributed by atoms with Crippen LogP contribution in [0, 0.1) is 25.6 Å². The molecule has 0 spiro atoms. The highest BCUT2D eigenvalue weighted by atomic mass is 35.5. The molecule has 1 N–H and O–H groups in total. The summed E-state index contributed by atoms with van der Waals surface area (Å²) in [6.07, 6.45) is 5.04. The molecule has 1 aliphatic rings. The molecule has 1 amide bonds. The molecule has 31 heavy (non-hydrogen) atoms. The van der Waals surface area contributed by atoms with Crippen LogP contribution in [0.1, 0.15) is 42.4 Å². The zero-order chi connectivity index (χ0) is 22.7. The quantitative estimate of drug-likeness (QED) is 0.528. The number of benzene rings is 1. The summed E-state index contributed by atoms with van der Waals surface area (Å²) in [4.78, 5) is 41.9. The van der Waals surface area contributed by atoms with Gasteiger partial charge in [0.15, 0.2) is 11.6 Å². The third-order valence-electron chi connectivity index (χ3n) is 5.50. The number of Topliss-reactive ketones (excluding diaryl/α,β-unsaturated/α-hetero) is 2. The highest BCUT2D eigenvalue weighted by molar-refractivity contribution is 6.30. The zero-order valence-electron chi connectivity index (χ0n) is 17.7. The summed E-state index contributed by atoms with van der Waals surface area (Å²) >= 11 is 5.79. The molecule has 0 saturated heterocycles. The van der Waals surface area contributed by atoms with Gasteiger partial charge in [0.1, 0.15) is 17.4 Å². The van der Waals surface area contributed by atoms with Crippen LogP contribution in [0.25, 0.3) is 11.3 Å². The van der Waals surface area contributed by atoms with Crippen LogP contribution in [0.15, 0.2) is 36.5 Å². The van der Waals surface area contributed by atoms with E-state index in [1.165, 1.54) is 12.3 Å². The molecule has 1 heterocycles. The smallest absolute Gasteiger partial charge is 0.220 e. The van der Waals surface area contributed by atoms with Crippen molar-refractivity contribution in [3.8, 4) is 11.3 Å². The van der Waals surface area contributed by atoms with Crippen molar-refractivity contribution in [1.82, 2.24) is 10.3 Å². The lowest BCUT2D eigenvalue weighted by Crippen LogP contribution is -2.27. The van der Waals surface area contributed by atoms with Gasteiger partial charge in [-0.15, -0.1) is 0 Å². The van der Waals surface area contributed by atoms with Crippen molar-refractivity contribution < 1.29 is 18.8 Å². The Hall–Kier alpha value is -2.86. The molecule has 7 heteroatoms. The number of amides is 1. The molecule has 1 aliphatic carbocycles. The number of ketones is 2. The van der Waals surface area contributed by atoms with Crippen LogP contribution in [0.5, 0.6) is 0 Å². The van der Waals surface area contributed by atoms with Crippen molar-refractivity contribution in [1.29, 1.82) is 0 Å².